The van der Waals surface area contributed by atoms with Gasteiger partial charge in [0.15, 0.2) is 5.82 Å². The Bertz CT molecular complexity index is 279. The molecule has 0 spiro atoms. The summed E-state index contributed by atoms with van der Waals surface area (Å²) in [6.45, 7) is 0.345. The summed E-state index contributed by atoms with van der Waals surface area (Å²) in [6, 6.07) is 0. The first-order valence-corrected chi connectivity index (χ1v) is 5.40. The predicted molar refractivity (Wildman–Crippen MR) is 52.5 cm³/mol. The third-order valence-electron chi connectivity index (χ3n) is 2.88. The zero-order valence-corrected chi connectivity index (χ0v) is 8.41. The van der Waals surface area contributed by atoms with E-state index in [9.17, 15) is 0 Å². The minimum atomic E-state index is 0.345. The molecule has 0 saturated heterocycles. The zero-order chi connectivity index (χ0) is 9.80. The Morgan fingerprint density at radius 2 is 2.07 bits per heavy atom. The van der Waals surface area contributed by atoms with Gasteiger partial charge in [-0.15, -0.1) is 0 Å². The molecule has 4 heteroatoms. The van der Waals surface area contributed by atoms with Crippen molar-refractivity contribution >= 4 is 0 Å². The Balaban J connectivity index is 1.89. The molecule has 1 aromatic heterocycles. The summed E-state index contributed by atoms with van der Waals surface area (Å²) >= 11 is 0. The van der Waals surface area contributed by atoms with Crippen molar-refractivity contribution in [3.63, 3.8) is 0 Å². The van der Waals surface area contributed by atoms with Crippen LogP contribution < -0.4 is 5.73 Å². The van der Waals surface area contributed by atoms with Crippen LogP contribution in [-0.2, 0) is 13.0 Å². The van der Waals surface area contributed by atoms with Gasteiger partial charge < -0.3 is 10.3 Å². The minimum Gasteiger partial charge on any atom is -0.338 e. The van der Waals surface area contributed by atoms with Crippen molar-refractivity contribution in [3.8, 4) is 0 Å². The van der Waals surface area contributed by atoms with Gasteiger partial charge in [0.1, 0.15) is 0 Å². The number of nitrogens with zero attached hydrogens (tertiary/aromatic N) is 2. The smallest absolute Gasteiger partial charge is 0.240 e. The summed E-state index contributed by atoms with van der Waals surface area (Å²) in [4.78, 5) is 4.22. The van der Waals surface area contributed by atoms with Gasteiger partial charge in [-0.2, -0.15) is 4.98 Å². The lowest BCUT2D eigenvalue weighted by Gasteiger charge is -2.19. The third-order valence-corrected chi connectivity index (χ3v) is 2.88. The summed E-state index contributed by atoms with van der Waals surface area (Å²) in [5, 5.41) is 3.92. The lowest BCUT2D eigenvalue weighted by atomic mass is 9.87. The molecule has 0 aliphatic heterocycles. The van der Waals surface area contributed by atoms with Crippen molar-refractivity contribution in [1.29, 1.82) is 0 Å². The van der Waals surface area contributed by atoms with Crippen LogP contribution in [0.25, 0.3) is 0 Å². The molecule has 1 heterocycles. The van der Waals surface area contributed by atoms with Crippen molar-refractivity contribution in [2.75, 3.05) is 0 Å². The number of nitrogens with two attached hydrogens (primary N) is 1. The van der Waals surface area contributed by atoms with Gasteiger partial charge in [-0.1, -0.05) is 37.3 Å². The van der Waals surface area contributed by atoms with Gasteiger partial charge in [-0.3, -0.25) is 0 Å². The Labute approximate surface area is 83.9 Å². The normalized spacial score (nSPS) is 18.6. The van der Waals surface area contributed by atoms with Gasteiger partial charge in [0.05, 0.1) is 6.54 Å². The molecule has 1 fully saturated rings. The van der Waals surface area contributed by atoms with Crippen molar-refractivity contribution in [1.82, 2.24) is 10.1 Å². The first kappa shape index (κ1) is 9.65. The van der Waals surface area contributed by atoms with Crippen LogP contribution in [0.2, 0.25) is 0 Å². The van der Waals surface area contributed by atoms with Crippen LogP contribution in [0, 0.1) is 5.92 Å². The monoisotopic (exact) mass is 195 g/mol. The molecule has 0 amide bonds. The molecule has 1 aromatic rings. The number of rotatable bonds is 3. The van der Waals surface area contributed by atoms with Crippen molar-refractivity contribution in [3.05, 3.63) is 11.7 Å². The highest BCUT2D eigenvalue weighted by Gasteiger charge is 2.16. The van der Waals surface area contributed by atoms with Crippen molar-refractivity contribution < 1.29 is 4.52 Å². The fraction of sp³-hybridized carbons (Fsp3) is 0.800. The summed E-state index contributed by atoms with van der Waals surface area (Å²) in [5.74, 6) is 2.14. The average Bonchev–Trinajstić information content (AvgIpc) is 2.67. The minimum absolute atomic E-state index is 0.345. The zero-order valence-electron chi connectivity index (χ0n) is 8.41. The summed E-state index contributed by atoms with van der Waals surface area (Å²) in [7, 11) is 0. The molecular formula is C10H17N3O. The van der Waals surface area contributed by atoms with E-state index >= 15 is 0 Å². The van der Waals surface area contributed by atoms with E-state index in [0.717, 1.165) is 18.2 Å². The fourth-order valence-electron chi connectivity index (χ4n) is 2.11. The number of hydrogen-bond acceptors (Lipinski definition) is 4. The van der Waals surface area contributed by atoms with E-state index in [1.807, 2.05) is 0 Å². The van der Waals surface area contributed by atoms with E-state index in [0.29, 0.717) is 12.4 Å². The maximum absolute atomic E-state index is 5.40. The summed E-state index contributed by atoms with van der Waals surface area (Å²) in [5.41, 5.74) is 5.40. The highest BCUT2D eigenvalue weighted by atomic mass is 16.5. The number of hydrogen-bond donors (Lipinski definition) is 1. The Morgan fingerprint density at radius 3 is 2.71 bits per heavy atom. The van der Waals surface area contributed by atoms with Gasteiger partial charge in [0.25, 0.3) is 0 Å². The quantitative estimate of drug-likeness (QED) is 0.796. The number of aromatic nitrogens is 2. The van der Waals surface area contributed by atoms with Crippen LogP contribution in [0.3, 0.4) is 0 Å². The van der Waals surface area contributed by atoms with E-state index in [4.69, 9.17) is 10.3 Å². The van der Waals surface area contributed by atoms with Crippen LogP contribution in [0.4, 0.5) is 0 Å². The van der Waals surface area contributed by atoms with Crippen LogP contribution >= 0.6 is 0 Å². The molecule has 4 nitrogen and oxygen atoms in total. The van der Waals surface area contributed by atoms with Gasteiger partial charge in [-0.05, 0) is 5.92 Å². The molecule has 2 rings (SSSR count). The van der Waals surface area contributed by atoms with Crippen molar-refractivity contribution in [2.24, 2.45) is 11.7 Å². The predicted octanol–water partition coefficient (Wildman–Crippen LogP) is 1.65. The van der Waals surface area contributed by atoms with Crippen LogP contribution in [0.1, 0.15) is 43.8 Å². The largest absolute Gasteiger partial charge is 0.338 e. The maximum atomic E-state index is 5.40. The summed E-state index contributed by atoms with van der Waals surface area (Å²) < 4.78 is 4.97. The molecule has 78 valence electrons. The van der Waals surface area contributed by atoms with Gasteiger partial charge in [-0.25, -0.2) is 0 Å². The molecule has 0 atom stereocenters. The third kappa shape index (κ3) is 2.32. The molecule has 1 saturated carbocycles. The lowest BCUT2D eigenvalue weighted by molar-refractivity contribution is 0.338. The maximum Gasteiger partial charge on any atom is 0.240 e. The Kier molecular flexibility index (Phi) is 3.14. The standard InChI is InChI=1S/C10H17N3O/c11-7-10-12-9(13-14-10)6-8-4-2-1-3-5-8/h8H,1-7,11H2. The Morgan fingerprint density at radius 1 is 1.29 bits per heavy atom. The van der Waals surface area contributed by atoms with E-state index < -0.39 is 0 Å². The molecular weight excluding hydrogens is 178 g/mol. The average molecular weight is 195 g/mol. The second-order valence-corrected chi connectivity index (χ2v) is 4.02. The SMILES string of the molecule is NCc1nc(CC2CCCCC2)no1. The second kappa shape index (κ2) is 4.55. The van der Waals surface area contributed by atoms with Crippen LogP contribution in [0.15, 0.2) is 4.52 Å². The molecule has 2 N–H and O–H groups in total. The molecule has 0 radical (unpaired) electrons. The molecule has 0 unspecified atom stereocenters. The van der Waals surface area contributed by atoms with E-state index in [1.165, 1.54) is 32.1 Å². The van der Waals surface area contributed by atoms with E-state index in [1.54, 1.807) is 0 Å². The van der Waals surface area contributed by atoms with E-state index in [2.05, 4.69) is 10.1 Å². The topological polar surface area (TPSA) is 64.9 Å². The highest BCUT2D eigenvalue weighted by molar-refractivity contribution is 4.88. The van der Waals surface area contributed by atoms with Crippen molar-refractivity contribution in [2.45, 2.75) is 45.1 Å². The molecule has 1 aliphatic rings. The first-order chi connectivity index (χ1) is 6.88. The second-order valence-electron chi connectivity index (χ2n) is 4.02. The molecule has 1 aliphatic carbocycles. The van der Waals surface area contributed by atoms with E-state index in [-0.39, 0.29) is 0 Å². The van der Waals surface area contributed by atoms with Gasteiger partial charge in [0, 0.05) is 6.42 Å². The van der Waals surface area contributed by atoms with Gasteiger partial charge >= 0.3 is 0 Å². The first-order valence-electron chi connectivity index (χ1n) is 5.40. The fourth-order valence-corrected chi connectivity index (χ4v) is 2.11. The highest BCUT2D eigenvalue weighted by Crippen LogP contribution is 2.25. The Hall–Kier alpha value is -0.900. The van der Waals surface area contributed by atoms with Crippen LogP contribution in [-0.4, -0.2) is 10.1 Å². The lowest BCUT2D eigenvalue weighted by Crippen LogP contribution is -2.10. The van der Waals surface area contributed by atoms with Gasteiger partial charge in [0.2, 0.25) is 5.89 Å². The summed E-state index contributed by atoms with van der Waals surface area (Å²) in [6.07, 6.45) is 7.68. The molecule has 14 heavy (non-hydrogen) atoms. The molecule has 0 aromatic carbocycles. The van der Waals surface area contributed by atoms with Crippen LogP contribution in [0.5, 0.6) is 0 Å². The molecule has 0 bridgehead atoms.